The van der Waals surface area contributed by atoms with Crippen LogP contribution in [0.25, 0.3) is 0 Å². The van der Waals surface area contributed by atoms with Crippen LogP contribution in [0.4, 0.5) is 0 Å². The predicted octanol–water partition coefficient (Wildman–Crippen LogP) is -5.89. The Hall–Kier alpha value is 0.135. The van der Waals surface area contributed by atoms with E-state index in [-0.39, 0.29) is 44.1 Å². The first kappa shape index (κ1) is 23.2. The molecule has 0 atom stereocenters. The zero-order valence-electron chi connectivity index (χ0n) is 12.5. The number of carboxylic acid groups (broad SMARTS) is 2. The summed E-state index contributed by atoms with van der Waals surface area (Å²) >= 11 is 0. The van der Waals surface area contributed by atoms with Crippen molar-refractivity contribution in [3.05, 3.63) is 0 Å². The first-order valence-corrected chi connectivity index (χ1v) is 5.63. The van der Waals surface area contributed by atoms with Crippen molar-refractivity contribution in [3.8, 4) is 0 Å². The predicted molar refractivity (Wildman–Crippen MR) is 56.0 cm³/mol. The largest absolute Gasteiger partial charge is 1.00 e. The summed E-state index contributed by atoms with van der Waals surface area (Å²) in [5, 5.41) is 22.3. The SMILES string of the molecule is CCCCCC(C(=O)[O-])(C(=O)[O-])C(C)(C)C.[Li+].[Li+]. The number of rotatable bonds is 6. The summed E-state index contributed by atoms with van der Waals surface area (Å²) in [6.07, 6.45) is 2.32. The molecule has 0 fully saturated rings. The fourth-order valence-electron chi connectivity index (χ4n) is 1.91. The van der Waals surface area contributed by atoms with Gasteiger partial charge in [-0.05, 0) is 11.8 Å². The van der Waals surface area contributed by atoms with E-state index in [4.69, 9.17) is 0 Å². The fourth-order valence-corrected chi connectivity index (χ4v) is 1.91. The Balaban J connectivity index is -0.00000112. The summed E-state index contributed by atoms with van der Waals surface area (Å²) in [6.45, 7) is 6.73. The third kappa shape index (κ3) is 5.02. The van der Waals surface area contributed by atoms with Gasteiger partial charge in [0.05, 0.1) is 17.4 Å². The van der Waals surface area contributed by atoms with Gasteiger partial charge in [-0.3, -0.25) is 0 Å². The van der Waals surface area contributed by atoms with Gasteiger partial charge >= 0.3 is 37.7 Å². The van der Waals surface area contributed by atoms with Crippen molar-refractivity contribution < 1.29 is 57.5 Å². The monoisotopic (exact) mass is 242 g/mol. The second-order valence-electron chi connectivity index (χ2n) is 5.19. The molecule has 0 aliphatic heterocycles. The first-order valence-electron chi connectivity index (χ1n) is 5.63. The number of aliphatic carboxylic acids is 2. The van der Waals surface area contributed by atoms with Crippen LogP contribution in [0.2, 0.25) is 0 Å². The van der Waals surface area contributed by atoms with Gasteiger partial charge in [0.1, 0.15) is 0 Å². The Morgan fingerprint density at radius 3 is 1.56 bits per heavy atom. The Bertz CT molecular complexity index is 258. The van der Waals surface area contributed by atoms with Crippen LogP contribution in [0, 0.1) is 10.8 Å². The van der Waals surface area contributed by atoms with Crippen molar-refractivity contribution in [3.63, 3.8) is 0 Å². The van der Waals surface area contributed by atoms with Gasteiger partial charge in [0.15, 0.2) is 0 Å². The van der Waals surface area contributed by atoms with Crippen molar-refractivity contribution in [2.24, 2.45) is 10.8 Å². The van der Waals surface area contributed by atoms with Crippen LogP contribution in [0.15, 0.2) is 0 Å². The Morgan fingerprint density at radius 2 is 1.33 bits per heavy atom. The van der Waals surface area contributed by atoms with E-state index in [9.17, 15) is 19.8 Å². The summed E-state index contributed by atoms with van der Waals surface area (Å²) in [4.78, 5) is 22.3. The number of unbranched alkanes of at least 4 members (excludes halogenated alkanes) is 2. The molecule has 0 aromatic rings. The molecule has 0 saturated carbocycles. The summed E-state index contributed by atoms with van der Waals surface area (Å²) in [5.41, 5.74) is -2.82. The van der Waals surface area contributed by atoms with E-state index < -0.39 is 22.8 Å². The zero-order valence-corrected chi connectivity index (χ0v) is 12.5. The van der Waals surface area contributed by atoms with Crippen molar-refractivity contribution >= 4 is 11.9 Å². The molecule has 0 aromatic heterocycles. The molecular weight excluding hydrogens is 222 g/mol. The van der Waals surface area contributed by atoms with E-state index in [0.717, 1.165) is 12.8 Å². The van der Waals surface area contributed by atoms with Gasteiger partial charge in [-0.15, -0.1) is 0 Å². The number of hydrogen-bond donors (Lipinski definition) is 0. The van der Waals surface area contributed by atoms with Gasteiger partial charge in [0.25, 0.3) is 0 Å². The number of carbonyl (C=O) groups excluding carboxylic acids is 2. The van der Waals surface area contributed by atoms with Crippen molar-refractivity contribution in [2.75, 3.05) is 0 Å². The molecule has 0 aromatic carbocycles. The molecule has 0 rings (SSSR count). The molecule has 6 heteroatoms. The second-order valence-corrected chi connectivity index (χ2v) is 5.19. The summed E-state index contributed by atoms with van der Waals surface area (Å²) in [6, 6.07) is 0. The maximum absolute atomic E-state index is 11.2. The van der Waals surface area contributed by atoms with Crippen LogP contribution in [0.3, 0.4) is 0 Å². The van der Waals surface area contributed by atoms with E-state index in [1.807, 2.05) is 6.92 Å². The van der Waals surface area contributed by atoms with E-state index >= 15 is 0 Å². The minimum absolute atomic E-state index is 0. The smallest absolute Gasteiger partial charge is 0.549 e. The van der Waals surface area contributed by atoms with Crippen LogP contribution < -0.4 is 47.9 Å². The van der Waals surface area contributed by atoms with Crippen molar-refractivity contribution in [1.29, 1.82) is 0 Å². The molecular formula is C12H20Li2O4. The molecule has 0 spiro atoms. The fraction of sp³-hybridized carbons (Fsp3) is 0.833. The van der Waals surface area contributed by atoms with Gasteiger partial charge in [-0.1, -0.05) is 47.0 Å². The van der Waals surface area contributed by atoms with Crippen LogP contribution in [0.1, 0.15) is 53.4 Å². The van der Waals surface area contributed by atoms with Crippen molar-refractivity contribution in [1.82, 2.24) is 0 Å². The minimum atomic E-state index is -1.90. The van der Waals surface area contributed by atoms with Gasteiger partial charge in [-0.25, -0.2) is 0 Å². The zero-order chi connectivity index (χ0) is 13.0. The Kier molecular flexibility index (Phi) is 11.8. The third-order valence-corrected chi connectivity index (χ3v) is 3.13. The normalized spacial score (nSPS) is 11.1. The number of carbonyl (C=O) groups is 2. The van der Waals surface area contributed by atoms with Crippen LogP contribution in [-0.4, -0.2) is 11.9 Å². The minimum Gasteiger partial charge on any atom is -0.549 e. The standard InChI is InChI=1S/C12H22O4.2Li/c1-5-6-7-8-12(9(13)14,10(15)16)11(2,3)4;;/h5-8H2,1-4H3,(H,13,14)(H,15,16);;/q;2*+1/p-2. The van der Waals surface area contributed by atoms with Gasteiger partial charge < -0.3 is 19.8 Å². The number of hydrogen-bond acceptors (Lipinski definition) is 4. The summed E-state index contributed by atoms with van der Waals surface area (Å²) in [7, 11) is 0. The van der Waals surface area contributed by atoms with Crippen LogP contribution in [0.5, 0.6) is 0 Å². The maximum atomic E-state index is 11.2. The summed E-state index contributed by atoms with van der Waals surface area (Å²) in [5.74, 6) is -3.09. The molecule has 0 heterocycles. The van der Waals surface area contributed by atoms with Gasteiger partial charge in [0, 0.05) is 0 Å². The molecule has 0 bridgehead atoms. The van der Waals surface area contributed by atoms with E-state index in [1.165, 1.54) is 0 Å². The van der Waals surface area contributed by atoms with E-state index in [0.29, 0.717) is 6.42 Å². The maximum Gasteiger partial charge on any atom is 1.00 e. The molecule has 0 radical (unpaired) electrons. The van der Waals surface area contributed by atoms with E-state index in [1.54, 1.807) is 20.8 Å². The third-order valence-electron chi connectivity index (χ3n) is 3.13. The van der Waals surface area contributed by atoms with Crippen LogP contribution >= 0.6 is 0 Å². The van der Waals surface area contributed by atoms with Crippen molar-refractivity contribution in [2.45, 2.75) is 53.4 Å². The Labute approximate surface area is 133 Å². The quantitative estimate of drug-likeness (QED) is 0.264. The second kappa shape index (κ2) is 9.10. The molecule has 0 amide bonds. The molecule has 0 N–H and O–H groups in total. The topological polar surface area (TPSA) is 80.3 Å². The molecule has 0 unspecified atom stereocenters. The van der Waals surface area contributed by atoms with Gasteiger partial charge in [0.2, 0.25) is 0 Å². The molecule has 18 heavy (non-hydrogen) atoms. The average molecular weight is 242 g/mol. The molecule has 4 nitrogen and oxygen atoms in total. The Morgan fingerprint density at radius 1 is 0.944 bits per heavy atom. The molecule has 0 aliphatic rings. The molecule has 0 aliphatic carbocycles. The molecule has 0 saturated heterocycles. The first-order chi connectivity index (χ1) is 7.20. The van der Waals surface area contributed by atoms with Crippen LogP contribution in [-0.2, 0) is 9.59 Å². The summed E-state index contributed by atoms with van der Waals surface area (Å²) < 4.78 is 0. The molecule has 94 valence electrons. The number of carboxylic acids is 2. The van der Waals surface area contributed by atoms with E-state index in [2.05, 4.69) is 0 Å². The van der Waals surface area contributed by atoms with Gasteiger partial charge in [-0.2, -0.15) is 0 Å². The average Bonchev–Trinajstić information content (AvgIpc) is 2.08.